The zero-order valence-electron chi connectivity index (χ0n) is 11.0. The summed E-state index contributed by atoms with van der Waals surface area (Å²) in [6.45, 7) is 5.75. The van der Waals surface area contributed by atoms with E-state index in [4.69, 9.17) is 10.5 Å². The summed E-state index contributed by atoms with van der Waals surface area (Å²) in [5.41, 5.74) is 6.21. The van der Waals surface area contributed by atoms with Crippen LogP contribution in [0.4, 0.5) is 0 Å². The third kappa shape index (κ3) is 3.72. The van der Waals surface area contributed by atoms with Crippen LogP contribution in [0.3, 0.4) is 0 Å². The van der Waals surface area contributed by atoms with Gasteiger partial charge in [0.1, 0.15) is 0 Å². The highest BCUT2D eigenvalue weighted by molar-refractivity contribution is 4.94. The Labute approximate surface area is 100 Å². The predicted octanol–water partition coefficient (Wildman–Crippen LogP) is 2.01. The Morgan fingerprint density at radius 3 is 2.50 bits per heavy atom. The van der Waals surface area contributed by atoms with E-state index in [1.54, 1.807) is 0 Å². The average Bonchev–Trinajstić information content (AvgIpc) is 2.78. The van der Waals surface area contributed by atoms with E-state index in [0.29, 0.717) is 0 Å². The van der Waals surface area contributed by atoms with Gasteiger partial charge in [0.2, 0.25) is 0 Å². The first-order chi connectivity index (χ1) is 7.75. The number of likely N-dealkylation sites (N-methyl/N-ethyl adjacent to an activating group) is 1. The molecule has 0 aromatic carbocycles. The van der Waals surface area contributed by atoms with Crippen LogP contribution in [0.2, 0.25) is 0 Å². The fraction of sp³-hybridized carbons (Fsp3) is 1.00. The molecule has 3 heteroatoms. The van der Waals surface area contributed by atoms with Crippen LogP contribution >= 0.6 is 0 Å². The SMILES string of the molecule is CCCCOCCN(C)C1(CN)CCCC1. The van der Waals surface area contributed by atoms with E-state index in [1.165, 1.54) is 38.5 Å². The molecular formula is C13H28N2O. The fourth-order valence-corrected chi connectivity index (χ4v) is 2.56. The fourth-order valence-electron chi connectivity index (χ4n) is 2.56. The first-order valence-electron chi connectivity index (χ1n) is 6.74. The van der Waals surface area contributed by atoms with Crippen molar-refractivity contribution in [3.05, 3.63) is 0 Å². The van der Waals surface area contributed by atoms with Crippen LogP contribution in [0.5, 0.6) is 0 Å². The summed E-state index contributed by atoms with van der Waals surface area (Å²) in [5, 5.41) is 0. The number of nitrogens with zero attached hydrogens (tertiary/aromatic N) is 1. The van der Waals surface area contributed by atoms with Gasteiger partial charge >= 0.3 is 0 Å². The Balaban J connectivity index is 2.19. The van der Waals surface area contributed by atoms with Crippen LogP contribution in [0.25, 0.3) is 0 Å². The van der Waals surface area contributed by atoms with Crippen molar-refractivity contribution in [2.75, 3.05) is 33.4 Å². The van der Waals surface area contributed by atoms with Crippen LogP contribution in [0.1, 0.15) is 45.4 Å². The van der Waals surface area contributed by atoms with Gasteiger partial charge in [-0.2, -0.15) is 0 Å². The quantitative estimate of drug-likeness (QED) is 0.646. The number of unbranched alkanes of at least 4 members (excludes halogenated alkanes) is 1. The largest absolute Gasteiger partial charge is 0.380 e. The number of ether oxygens (including phenoxy) is 1. The lowest BCUT2D eigenvalue weighted by Gasteiger charge is -2.37. The van der Waals surface area contributed by atoms with Crippen molar-refractivity contribution in [2.24, 2.45) is 5.73 Å². The van der Waals surface area contributed by atoms with Crippen LogP contribution in [0.15, 0.2) is 0 Å². The number of nitrogens with two attached hydrogens (primary N) is 1. The van der Waals surface area contributed by atoms with Crippen molar-refractivity contribution in [3.63, 3.8) is 0 Å². The molecule has 0 radical (unpaired) electrons. The Hall–Kier alpha value is -0.120. The van der Waals surface area contributed by atoms with Gasteiger partial charge in [0.05, 0.1) is 6.61 Å². The third-order valence-corrected chi connectivity index (χ3v) is 3.94. The van der Waals surface area contributed by atoms with Crippen molar-refractivity contribution in [1.29, 1.82) is 0 Å². The molecule has 1 rings (SSSR count). The first-order valence-corrected chi connectivity index (χ1v) is 6.74. The molecule has 0 aromatic rings. The Morgan fingerprint density at radius 1 is 1.25 bits per heavy atom. The second-order valence-electron chi connectivity index (χ2n) is 5.02. The maximum atomic E-state index is 5.94. The number of hydrogen-bond acceptors (Lipinski definition) is 3. The summed E-state index contributed by atoms with van der Waals surface area (Å²) in [6.07, 6.45) is 7.56. The average molecular weight is 228 g/mol. The minimum atomic E-state index is 0.272. The molecule has 1 aliphatic rings. The molecule has 3 nitrogen and oxygen atoms in total. The van der Waals surface area contributed by atoms with Gasteiger partial charge < -0.3 is 10.5 Å². The highest BCUT2D eigenvalue weighted by Crippen LogP contribution is 2.33. The zero-order chi connectivity index (χ0) is 11.9. The number of rotatable bonds is 8. The molecule has 0 bridgehead atoms. The maximum Gasteiger partial charge on any atom is 0.0593 e. The highest BCUT2D eigenvalue weighted by Gasteiger charge is 2.35. The molecule has 1 saturated carbocycles. The van der Waals surface area contributed by atoms with Gasteiger partial charge in [-0.15, -0.1) is 0 Å². The van der Waals surface area contributed by atoms with Crippen molar-refractivity contribution in [1.82, 2.24) is 4.90 Å². The van der Waals surface area contributed by atoms with E-state index in [1.807, 2.05) is 0 Å². The summed E-state index contributed by atoms with van der Waals surface area (Å²) in [5.74, 6) is 0. The molecule has 1 fully saturated rings. The standard InChI is InChI=1S/C13H28N2O/c1-3-4-10-16-11-9-15(2)13(12-14)7-5-6-8-13/h3-12,14H2,1-2H3. The van der Waals surface area contributed by atoms with Gasteiger partial charge in [0, 0.05) is 25.2 Å². The second-order valence-corrected chi connectivity index (χ2v) is 5.02. The maximum absolute atomic E-state index is 5.94. The van der Waals surface area contributed by atoms with E-state index < -0.39 is 0 Å². The molecule has 96 valence electrons. The molecule has 0 aromatic heterocycles. The first kappa shape index (κ1) is 13.9. The minimum absolute atomic E-state index is 0.272. The van der Waals surface area contributed by atoms with Crippen LogP contribution in [-0.2, 0) is 4.74 Å². The highest BCUT2D eigenvalue weighted by atomic mass is 16.5. The topological polar surface area (TPSA) is 38.5 Å². The lowest BCUT2D eigenvalue weighted by molar-refractivity contribution is 0.0643. The molecule has 0 unspecified atom stereocenters. The van der Waals surface area contributed by atoms with Crippen LogP contribution in [-0.4, -0.2) is 43.8 Å². The predicted molar refractivity (Wildman–Crippen MR) is 68.6 cm³/mol. The summed E-state index contributed by atoms with van der Waals surface area (Å²) >= 11 is 0. The third-order valence-electron chi connectivity index (χ3n) is 3.94. The van der Waals surface area contributed by atoms with E-state index in [9.17, 15) is 0 Å². The molecule has 0 spiro atoms. The summed E-state index contributed by atoms with van der Waals surface area (Å²) in [4.78, 5) is 2.42. The summed E-state index contributed by atoms with van der Waals surface area (Å²) in [7, 11) is 2.20. The molecule has 2 N–H and O–H groups in total. The Bertz CT molecular complexity index is 179. The second kappa shape index (κ2) is 7.25. The van der Waals surface area contributed by atoms with Crippen molar-refractivity contribution in [2.45, 2.75) is 51.0 Å². The van der Waals surface area contributed by atoms with E-state index in [0.717, 1.165) is 26.3 Å². The molecule has 0 atom stereocenters. The van der Waals surface area contributed by atoms with E-state index in [2.05, 4.69) is 18.9 Å². The van der Waals surface area contributed by atoms with Gasteiger partial charge in [-0.1, -0.05) is 26.2 Å². The summed E-state index contributed by atoms with van der Waals surface area (Å²) in [6, 6.07) is 0. The molecule has 1 aliphatic carbocycles. The Morgan fingerprint density at radius 2 is 1.94 bits per heavy atom. The van der Waals surface area contributed by atoms with Gasteiger partial charge in [-0.05, 0) is 26.3 Å². The molecule has 0 saturated heterocycles. The van der Waals surface area contributed by atoms with Gasteiger partial charge in [-0.25, -0.2) is 0 Å². The van der Waals surface area contributed by atoms with Crippen molar-refractivity contribution in [3.8, 4) is 0 Å². The van der Waals surface area contributed by atoms with E-state index in [-0.39, 0.29) is 5.54 Å². The van der Waals surface area contributed by atoms with Crippen molar-refractivity contribution >= 4 is 0 Å². The zero-order valence-corrected chi connectivity index (χ0v) is 11.0. The summed E-state index contributed by atoms with van der Waals surface area (Å²) < 4.78 is 5.61. The normalized spacial score (nSPS) is 19.5. The lowest BCUT2D eigenvalue weighted by Crippen LogP contribution is -2.51. The monoisotopic (exact) mass is 228 g/mol. The van der Waals surface area contributed by atoms with Crippen molar-refractivity contribution < 1.29 is 4.74 Å². The molecule has 0 aliphatic heterocycles. The van der Waals surface area contributed by atoms with Gasteiger partial charge in [-0.3, -0.25) is 4.90 Å². The van der Waals surface area contributed by atoms with Gasteiger partial charge in [0.15, 0.2) is 0 Å². The molecule has 0 amide bonds. The van der Waals surface area contributed by atoms with Crippen LogP contribution in [0, 0.1) is 0 Å². The smallest absolute Gasteiger partial charge is 0.0593 e. The molecular weight excluding hydrogens is 200 g/mol. The molecule has 16 heavy (non-hydrogen) atoms. The lowest BCUT2D eigenvalue weighted by atomic mass is 9.96. The van der Waals surface area contributed by atoms with Gasteiger partial charge in [0.25, 0.3) is 0 Å². The van der Waals surface area contributed by atoms with Crippen LogP contribution < -0.4 is 5.73 Å². The van der Waals surface area contributed by atoms with E-state index >= 15 is 0 Å². The Kier molecular flexibility index (Phi) is 6.32. The number of hydrogen-bond donors (Lipinski definition) is 1. The minimum Gasteiger partial charge on any atom is -0.380 e. The molecule has 0 heterocycles.